The fraction of sp³-hybridized carbons (Fsp3) is 0.250. The lowest BCUT2D eigenvalue weighted by molar-refractivity contribution is 0.417. The Morgan fingerprint density at radius 3 is 2.64 bits per heavy atom. The Hall–Kier alpha value is -4.01. The van der Waals surface area contributed by atoms with E-state index in [4.69, 9.17) is 4.74 Å². The molecule has 8 nitrogen and oxygen atoms in total. The molecule has 5 aromatic rings. The largest absolute Gasteiger partial charge is 0.496 e. The van der Waals surface area contributed by atoms with Gasteiger partial charge in [-0.3, -0.25) is 23.8 Å². The quantitative estimate of drug-likeness (QED) is 0.422. The summed E-state index contributed by atoms with van der Waals surface area (Å²) in [6.45, 7) is 0. The standard InChI is InChI=1S/C24H21FN6O2/c1-29-12-14(8-28-29)15-6-16-19(7-21(15)33-3)27-11-20-23(16)31(24(32)30(20)2)22-17(13-4-5-13)9-26-10-18(22)25/h6-13H,4-5H2,1-3H3. The van der Waals surface area contributed by atoms with E-state index >= 15 is 4.39 Å². The normalized spacial score (nSPS) is 13.8. The van der Waals surface area contributed by atoms with Gasteiger partial charge in [-0.2, -0.15) is 5.10 Å². The van der Waals surface area contributed by atoms with Crippen LogP contribution in [-0.4, -0.2) is 36.0 Å². The molecule has 0 amide bonds. The van der Waals surface area contributed by atoms with Gasteiger partial charge < -0.3 is 4.74 Å². The number of rotatable bonds is 4. The summed E-state index contributed by atoms with van der Waals surface area (Å²) in [5, 5.41) is 5.00. The van der Waals surface area contributed by atoms with E-state index in [0.717, 1.165) is 34.9 Å². The van der Waals surface area contributed by atoms with E-state index in [1.807, 2.05) is 25.4 Å². The van der Waals surface area contributed by atoms with Gasteiger partial charge in [0.25, 0.3) is 0 Å². The first-order chi connectivity index (χ1) is 16.0. The lowest BCUT2D eigenvalue weighted by Crippen LogP contribution is -2.22. The zero-order valence-corrected chi connectivity index (χ0v) is 18.4. The summed E-state index contributed by atoms with van der Waals surface area (Å²) in [7, 11) is 5.12. The van der Waals surface area contributed by atoms with Crippen molar-refractivity contribution in [1.29, 1.82) is 0 Å². The van der Waals surface area contributed by atoms with Crippen LogP contribution in [0.25, 0.3) is 38.8 Å². The van der Waals surface area contributed by atoms with Crippen molar-refractivity contribution in [3.05, 3.63) is 65.0 Å². The average Bonchev–Trinajstić information content (AvgIpc) is 3.53. The molecule has 6 rings (SSSR count). The van der Waals surface area contributed by atoms with Crippen molar-refractivity contribution < 1.29 is 9.13 Å². The highest BCUT2D eigenvalue weighted by Crippen LogP contribution is 2.44. The van der Waals surface area contributed by atoms with Crippen LogP contribution in [0.15, 0.2) is 47.9 Å². The molecule has 0 unspecified atom stereocenters. The molecule has 4 aromatic heterocycles. The van der Waals surface area contributed by atoms with Crippen LogP contribution >= 0.6 is 0 Å². The molecule has 0 atom stereocenters. The summed E-state index contributed by atoms with van der Waals surface area (Å²) in [5.41, 5.74) is 4.25. The molecular weight excluding hydrogens is 423 g/mol. The predicted molar refractivity (Wildman–Crippen MR) is 122 cm³/mol. The van der Waals surface area contributed by atoms with Crippen LogP contribution in [-0.2, 0) is 14.1 Å². The number of imidazole rings is 1. The molecule has 0 spiro atoms. The Balaban J connectivity index is 1.76. The molecule has 1 fully saturated rings. The molecule has 0 aliphatic heterocycles. The minimum Gasteiger partial charge on any atom is -0.496 e. The molecule has 0 bridgehead atoms. The third kappa shape index (κ3) is 2.88. The van der Waals surface area contributed by atoms with Crippen LogP contribution in [0.1, 0.15) is 24.3 Å². The maximum Gasteiger partial charge on any atom is 0.333 e. The average molecular weight is 444 g/mol. The molecule has 4 heterocycles. The van der Waals surface area contributed by atoms with Gasteiger partial charge in [0, 0.05) is 54.6 Å². The van der Waals surface area contributed by atoms with Crippen molar-refractivity contribution in [1.82, 2.24) is 28.9 Å². The van der Waals surface area contributed by atoms with Crippen LogP contribution in [0.5, 0.6) is 5.75 Å². The molecular formula is C24H21FN6O2. The number of pyridine rings is 2. The SMILES string of the molecule is COc1cc2ncc3c(c2cc1-c1cnn(C)c1)n(-c1c(F)cncc1C1CC1)c(=O)n3C. The highest BCUT2D eigenvalue weighted by molar-refractivity contribution is 6.05. The Morgan fingerprint density at radius 1 is 1.12 bits per heavy atom. The number of fused-ring (bicyclic) bond motifs is 3. The van der Waals surface area contributed by atoms with Crippen LogP contribution in [0, 0.1) is 5.82 Å². The number of aryl methyl sites for hydroxylation is 2. The number of nitrogens with zero attached hydrogens (tertiary/aromatic N) is 6. The Kier molecular flexibility index (Phi) is 4.17. The number of ether oxygens (including phenoxy) is 1. The molecule has 166 valence electrons. The minimum atomic E-state index is -0.514. The first kappa shape index (κ1) is 19.7. The van der Waals surface area contributed by atoms with Crippen molar-refractivity contribution in [3.8, 4) is 22.6 Å². The monoisotopic (exact) mass is 444 g/mol. The van der Waals surface area contributed by atoms with Gasteiger partial charge in [-0.25, -0.2) is 9.18 Å². The molecule has 33 heavy (non-hydrogen) atoms. The maximum absolute atomic E-state index is 15.2. The van der Waals surface area contributed by atoms with Crippen molar-refractivity contribution in [3.63, 3.8) is 0 Å². The van der Waals surface area contributed by atoms with E-state index < -0.39 is 5.82 Å². The first-order valence-corrected chi connectivity index (χ1v) is 10.7. The second kappa shape index (κ2) is 6.99. The van der Waals surface area contributed by atoms with Crippen molar-refractivity contribution in [2.24, 2.45) is 14.1 Å². The van der Waals surface area contributed by atoms with E-state index in [1.165, 1.54) is 15.3 Å². The van der Waals surface area contributed by atoms with E-state index in [2.05, 4.69) is 15.1 Å². The zero-order valence-electron chi connectivity index (χ0n) is 18.4. The summed E-state index contributed by atoms with van der Waals surface area (Å²) in [5.74, 6) is 0.338. The number of hydrogen-bond acceptors (Lipinski definition) is 5. The molecule has 1 saturated carbocycles. The first-order valence-electron chi connectivity index (χ1n) is 10.7. The minimum absolute atomic E-state index is 0.213. The Labute approximate surface area is 187 Å². The fourth-order valence-electron chi connectivity index (χ4n) is 4.56. The summed E-state index contributed by atoms with van der Waals surface area (Å²) in [4.78, 5) is 22.1. The third-order valence-electron chi connectivity index (χ3n) is 6.36. The second-order valence-electron chi connectivity index (χ2n) is 8.47. The fourth-order valence-corrected chi connectivity index (χ4v) is 4.56. The van der Waals surface area contributed by atoms with E-state index in [0.29, 0.717) is 22.3 Å². The second-order valence-corrected chi connectivity index (χ2v) is 8.47. The van der Waals surface area contributed by atoms with Gasteiger partial charge in [0.1, 0.15) is 5.75 Å². The van der Waals surface area contributed by atoms with Crippen LogP contribution in [0.3, 0.4) is 0 Å². The van der Waals surface area contributed by atoms with Gasteiger partial charge in [-0.05, 0) is 24.8 Å². The summed E-state index contributed by atoms with van der Waals surface area (Å²) >= 11 is 0. The van der Waals surface area contributed by atoms with Gasteiger partial charge in [-0.1, -0.05) is 0 Å². The summed E-state index contributed by atoms with van der Waals surface area (Å²) < 4.78 is 25.6. The molecule has 0 saturated heterocycles. The maximum atomic E-state index is 15.2. The Morgan fingerprint density at radius 2 is 1.94 bits per heavy atom. The van der Waals surface area contributed by atoms with Crippen molar-refractivity contribution >= 4 is 21.9 Å². The van der Waals surface area contributed by atoms with Gasteiger partial charge >= 0.3 is 5.69 Å². The predicted octanol–water partition coefficient (Wildman–Crippen LogP) is 3.70. The topological polar surface area (TPSA) is 79.8 Å². The van der Waals surface area contributed by atoms with E-state index in [1.54, 1.807) is 37.4 Å². The zero-order chi connectivity index (χ0) is 22.9. The van der Waals surface area contributed by atoms with Gasteiger partial charge in [0.2, 0.25) is 0 Å². The smallest absolute Gasteiger partial charge is 0.333 e. The number of methoxy groups -OCH3 is 1. The van der Waals surface area contributed by atoms with Crippen molar-refractivity contribution in [2.75, 3.05) is 7.11 Å². The van der Waals surface area contributed by atoms with E-state index in [-0.39, 0.29) is 17.3 Å². The van der Waals surface area contributed by atoms with Crippen LogP contribution in [0.2, 0.25) is 0 Å². The number of aromatic nitrogens is 6. The number of benzene rings is 1. The van der Waals surface area contributed by atoms with Crippen LogP contribution < -0.4 is 10.4 Å². The van der Waals surface area contributed by atoms with Gasteiger partial charge in [0.15, 0.2) is 5.82 Å². The molecule has 0 N–H and O–H groups in total. The molecule has 0 radical (unpaired) electrons. The van der Waals surface area contributed by atoms with E-state index in [9.17, 15) is 4.79 Å². The van der Waals surface area contributed by atoms with Crippen molar-refractivity contribution in [2.45, 2.75) is 18.8 Å². The van der Waals surface area contributed by atoms with Gasteiger partial charge in [0.05, 0.1) is 47.9 Å². The lowest BCUT2D eigenvalue weighted by atomic mass is 10.0. The lowest BCUT2D eigenvalue weighted by Gasteiger charge is -2.13. The molecule has 1 aliphatic carbocycles. The summed E-state index contributed by atoms with van der Waals surface area (Å²) in [6.07, 6.45) is 10.1. The summed E-state index contributed by atoms with van der Waals surface area (Å²) in [6, 6.07) is 3.77. The number of hydrogen-bond donors (Lipinski definition) is 0. The van der Waals surface area contributed by atoms with Crippen LogP contribution in [0.4, 0.5) is 4.39 Å². The van der Waals surface area contributed by atoms with Gasteiger partial charge in [-0.15, -0.1) is 0 Å². The highest BCUT2D eigenvalue weighted by atomic mass is 19.1. The molecule has 9 heteroatoms. The molecule has 1 aromatic carbocycles. The Bertz CT molecular complexity index is 1630. The number of halogens is 1. The molecule has 1 aliphatic rings. The third-order valence-corrected chi connectivity index (χ3v) is 6.36. The highest BCUT2D eigenvalue weighted by Gasteiger charge is 2.31.